The minimum Gasteiger partial charge on any atom is -0.481 e. The Morgan fingerprint density at radius 2 is 1.71 bits per heavy atom. The number of hydrogen-bond donors (Lipinski definition) is 3. The Balaban J connectivity index is 2.27. The number of sulfonamides is 1. The molecule has 0 atom stereocenters. The number of carboxylic acid groups (broad SMARTS) is 1. The Hall–Kier alpha value is -1.93. The molecule has 21 heavy (non-hydrogen) atoms. The molecule has 0 fully saturated rings. The highest BCUT2D eigenvalue weighted by molar-refractivity contribution is 7.89. The minimum absolute atomic E-state index is 0.000858. The Morgan fingerprint density at radius 3 is 2.33 bits per heavy atom. The third-order valence-corrected chi connectivity index (χ3v) is 4.06. The van der Waals surface area contributed by atoms with Crippen LogP contribution in [0.2, 0.25) is 0 Å². The monoisotopic (exact) mass is 314 g/mol. The van der Waals surface area contributed by atoms with Crippen molar-refractivity contribution in [2.75, 3.05) is 13.1 Å². The SMILES string of the molecule is O=C(O)CCCNC(=O)CCNS(=O)(=O)c1ccccc1. The number of hydrogen-bond acceptors (Lipinski definition) is 4. The molecule has 8 heteroatoms. The van der Waals surface area contributed by atoms with Crippen molar-refractivity contribution in [2.45, 2.75) is 24.2 Å². The van der Waals surface area contributed by atoms with Crippen LogP contribution in [0, 0.1) is 0 Å². The molecule has 0 spiro atoms. The minimum atomic E-state index is -3.60. The molecular formula is C13H18N2O5S. The van der Waals surface area contributed by atoms with Crippen LogP contribution in [-0.4, -0.2) is 38.5 Å². The first-order chi connectivity index (χ1) is 9.92. The molecule has 0 aliphatic heterocycles. The molecule has 3 N–H and O–H groups in total. The first kappa shape index (κ1) is 17.1. The normalized spacial score (nSPS) is 11.0. The number of carbonyl (C=O) groups is 2. The van der Waals surface area contributed by atoms with Crippen molar-refractivity contribution >= 4 is 21.9 Å². The highest BCUT2D eigenvalue weighted by Crippen LogP contribution is 2.06. The van der Waals surface area contributed by atoms with Crippen LogP contribution in [-0.2, 0) is 19.6 Å². The lowest BCUT2D eigenvalue weighted by Gasteiger charge is -2.07. The molecule has 0 heterocycles. The summed E-state index contributed by atoms with van der Waals surface area (Å²) in [5.74, 6) is -1.24. The summed E-state index contributed by atoms with van der Waals surface area (Å²) in [5, 5.41) is 11.0. The van der Waals surface area contributed by atoms with Gasteiger partial charge in [-0.05, 0) is 18.6 Å². The molecule has 0 bridgehead atoms. The van der Waals surface area contributed by atoms with E-state index in [0.717, 1.165) is 0 Å². The van der Waals surface area contributed by atoms with Crippen molar-refractivity contribution in [1.82, 2.24) is 10.0 Å². The second kappa shape index (κ2) is 8.38. The Bertz CT molecular complexity index is 571. The Kier molecular flexibility index (Phi) is 6.83. The maximum Gasteiger partial charge on any atom is 0.303 e. The summed E-state index contributed by atoms with van der Waals surface area (Å²) < 4.78 is 26.0. The summed E-state index contributed by atoms with van der Waals surface area (Å²) in [5.41, 5.74) is 0. The zero-order valence-electron chi connectivity index (χ0n) is 11.4. The van der Waals surface area contributed by atoms with Crippen LogP contribution < -0.4 is 10.0 Å². The van der Waals surface area contributed by atoms with E-state index >= 15 is 0 Å². The number of aliphatic carboxylic acids is 1. The number of rotatable bonds is 9. The lowest BCUT2D eigenvalue weighted by atomic mass is 10.3. The van der Waals surface area contributed by atoms with Crippen molar-refractivity contribution in [3.8, 4) is 0 Å². The molecule has 1 rings (SSSR count). The Labute approximate surface area is 123 Å². The van der Waals surface area contributed by atoms with Crippen LogP contribution in [0.5, 0.6) is 0 Å². The van der Waals surface area contributed by atoms with Gasteiger partial charge in [0.25, 0.3) is 0 Å². The van der Waals surface area contributed by atoms with Gasteiger partial charge in [0.15, 0.2) is 0 Å². The van der Waals surface area contributed by atoms with Crippen LogP contribution in [0.25, 0.3) is 0 Å². The molecule has 0 saturated heterocycles. The van der Waals surface area contributed by atoms with E-state index in [2.05, 4.69) is 10.0 Å². The molecule has 0 aliphatic rings. The quantitative estimate of drug-likeness (QED) is 0.569. The Morgan fingerprint density at radius 1 is 1.05 bits per heavy atom. The average molecular weight is 314 g/mol. The lowest BCUT2D eigenvalue weighted by molar-refractivity contribution is -0.137. The zero-order chi connectivity index (χ0) is 15.7. The van der Waals surface area contributed by atoms with E-state index < -0.39 is 16.0 Å². The fourth-order valence-corrected chi connectivity index (χ4v) is 2.59. The van der Waals surface area contributed by atoms with Gasteiger partial charge >= 0.3 is 5.97 Å². The molecule has 1 amide bonds. The van der Waals surface area contributed by atoms with Crippen LogP contribution in [0.15, 0.2) is 35.2 Å². The highest BCUT2D eigenvalue weighted by Gasteiger charge is 2.13. The summed E-state index contributed by atoms with van der Waals surface area (Å²) in [6.07, 6.45) is 0.330. The van der Waals surface area contributed by atoms with E-state index in [0.29, 0.717) is 6.42 Å². The molecule has 116 valence electrons. The highest BCUT2D eigenvalue weighted by atomic mass is 32.2. The molecule has 0 saturated carbocycles. The van der Waals surface area contributed by atoms with Gasteiger partial charge in [0.1, 0.15) is 0 Å². The predicted molar refractivity (Wildman–Crippen MR) is 76.1 cm³/mol. The van der Waals surface area contributed by atoms with Gasteiger partial charge in [0, 0.05) is 25.9 Å². The number of benzene rings is 1. The summed E-state index contributed by atoms with van der Waals surface area (Å²) in [7, 11) is -3.60. The molecule has 1 aromatic carbocycles. The summed E-state index contributed by atoms with van der Waals surface area (Å²) in [6.45, 7) is 0.249. The maximum atomic E-state index is 11.8. The second-order valence-corrected chi connectivity index (χ2v) is 6.08. The topological polar surface area (TPSA) is 113 Å². The van der Waals surface area contributed by atoms with Crippen LogP contribution in [0.3, 0.4) is 0 Å². The molecular weight excluding hydrogens is 296 g/mol. The fraction of sp³-hybridized carbons (Fsp3) is 0.385. The largest absolute Gasteiger partial charge is 0.481 e. The second-order valence-electron chi connectivity index (χ2n) is 4.31. The van der Waals surface area contributed by atoms with E-state index in [4.69, 9.17) is 5.11 Å². The fourth-order valence-electron chi connectivity index (χ4n) is 1.54. The molecule has 1 aromatic rings. The smallest absolute Gasteiger partial charge is 0.303 e. The van der Waals surface area contributed by atoms with Crippen LogP contribution in [0.1, 0.15) is 19.3 Å². The van der Waals surface area contributed by atoms with Crippen molar-refractivity contribution in [3.05, 3.63) is 30.3 Å². The average Bonchev–Trinajstić information content (AvgIpc) is 2.44. The van der Waals surface area contributed by atoms with Crippen LogP contribution >= 0.6 is 0 Å². The van der Waals surface area contributed by atoms with Gasteiger partial charge in [-0.1, -0.05) is 18.2 Å². The number of carbonyl (C=O) groups excluding carboxylic acids is 1. The van der Waals surface area contributed by atoms with E-state index in [-0.39, 0.29) is 36.7 Å². The van der Waals surface area contributed by atoms with Gasteiger partial charge in [0.2, 0.25) is 15.9 Å². The number of nitrogens with one attached hydrogen (secondary N) is 2. The summed E-state index contributed by atoms with van der Waals surface area (Å²) >= 11 is 0. The van der Waals surface area contributed by atoms with E-state index in [1.165, 1.54) is 12.1 Å². The molecule has 0 aliphatic carbocycles. The first-order valence-corrected chi connectivity index (χ1v) is 7.93. The summed E-state index contributed by atoms with van der Waals surface area (Å²) in [6, 6.07) is 7.87. The van der Waals surface area contributed by atoms with Gasteiger partial charge < -0.3 is 10.4 Å². The van der Waals surface area contributed by atoms with Gasteiger partial charge in [-0.15, -0.1) is 0 Å². The predicted octanol–water partition coefficient (Wildman–Crippen LogP) is 0.336. The van der Waals surface area contributed by atoms with Crippen molar-refractivity contribution in [3.63, 3.8) is 0 Å². The molecule has 0 radical (unpaired) electrons. The molecule has 0 aromatic heterocycles. The van der Waals surface area contributed by atoms with E-state index in [1.807, 2.05) is 0 Å². The van der Waals surface area contributed by atoms with E-state index in [9.17, 15) is 18.0 Å². The molecule has 0 unspecified atom stereocenters. The van der Waals surface area contributed by atoms with Gasteiger partial charge in [-0.25, -0.2) is 13.1 Å². The third-order valence-electron chi connectivity index (χ3n) is 2.59. The lowest BCUT2D eigenvalue weighted by Crippen LogP contribution is -2.31. The van der Waals surface area contributed by atoms with Gasteiger partial charge in [0.05, 0.1) is 4.90 Å². The maximum absolute atomic E-state index is 11.8. The number of amides is 1. The standard InChI is InChI=1S/C13H18N2O5S/c16-12(14-9-4-7-13(17)18)8-10-15-21(19,20)11-5-2-1-3-6-11/h1-3,5-6,15H,4,7-10H2,(H,14,16)(H,17,18). The van der Waals surface area contributed by atoms with Crippen molar-refractivity contribution in [2.24, 2.45) is 0 Å². The van der Waals surface area contributed by atoms with Crippen molar-refractivity contribution < 1.29 is 23.1 Å². The van der Waals surface area contributed by atoms with Crippen LogP contribution in [0.4, 0.5) is 0 Å². The van der Waals surface area contributed by atoms with Gasteiger partial charge in [-0.3, -0.25) is 9.59 Å². The summed E-state index contributed by atoms with van der Waals surface area (Å²) in [4.78, 5) is 21.8. The van der Waals surface area contributed by atoms with Crippen molar-refractivity contribution in [1.29, 1.82) is 0 Å². The van der Waals surface area contributed by atoms with Gasteiger partial charge in [-0.2, -0.15) is 0 Å². The first-order valence-electron chi connectivity index (χ1n) is 6.45. The zero-order valence-corrected chi connectivity index (χ0v) is 12.2. The van der Waals surface area contributed by atoms with E-state index in [1.54, 1.807) is 18.2 Å². The number of carboxylic acids is 1. The third kappa shape index (κ3) is 6.87. The molecule has 7 nitrogen and oxygen atoms in total.